The molecular weight excluding hydrogens is 258 g/mol. The number of ether oxygens (including phenoxy) is 3. The molecule has 0 bridgehead atoms. The Morgan fingerprint density at radius 2 is 1.80 bits per heavy atom. The summed E-state index contributed by atoms with van der Waals surface area (Å²) >= 11 is 0. The number of rotatable bonds is 4. The van der Waals surface area contributed by atoms with Gasteiger partial charge in [-0.05, 0) is 0 Å². The minimum atomic E-state index is -0.0541. The number of nitrogens with zero attached hydrogens (tertiary/aromatic N) is 1. The van der Waals surface area contributed by atoms with Crippen molar-refractivity contribution < 1.29 is 19.0 Å². The predicted molar refractivity (Wildman–Crippen MR) is 75.4 cm³/mol. The summed E-state index contributed by atoms with van der Waals surface area (Å²) in [5.41, 5.74) is 0.697. The van der Waals surface area contributed by atoms with Crippen LogP contribution in [0.4, 0.5) is 5.69 Å². The SMILES string of the molecule is C#CC1CC(=O)N(c2cc(OC)c(OC)c(OC)c2)C1. The van der Waals surface area contributed by atoms with Crippen molar-refractivity contribution in [3.8, 4) is 29.6 Å². The topological polar surface area (TPSA) is 48.0 Å². The molecular formula is C15H17NO4. The van der Waals surface area contributed by atoms with E-state index in [9.17, 15) is 4.79 Å². The van der Waals surface area contributed by atoms with Crippen LogP contribution >= 0.6 is 0 Å². The summed E-state index contributed by atoms with van der Waals surface area (Å²) in [7, 11) is 4.61. The lowest BCUT2D eigenvalue weighted by Gasteiger charge is -2.20. The van der Waals surface area contributed by atoms with Crippen LogP contribution < -0.4 is 19.1 Å². The molecule has 1 unspecified atom stereocenters. The second kappa shape index (κ2) is 5.74. The van der Waals surface area contributed by atoms with Gasteiger partial charge >= 0.3 is 0 Å². The average molecular weight is 275 g/mol. The van der Waals surface area contributed by atoms with Crippen molar-refractivity contribution in [3.05, 3.63) is 12.1 Å². The van der Waals surface area contributed by atoms with Crippen molar-refractivity contribution in [2.45, 2.75) is 6.42 Å². The second-order valence-electron chi connectivity index (χ2n) is 4.46. The van der Waals surface area contributed by atoms with Crippen LogP contribution in [0.25, 0.3) is 0 Å². The molecule has 1 aromatic rings. The lowest BCUT2D eigenvalue weighted by Crippen LogP contribution is -2.24. The molecule has 1 aromatic carbocycles. The van der Waals surface area contributed by atoms with E-state index in [1.165, 1.54) is 21.3 Å². The van der Waals surface area contributed by atoms with Gasteiger partial charge in [-0.3, -0.25) is 4.79 Å². The molecule has 0 radical (unpaired) electrons. The van der Waals surface area contributed by atoms with Gasteiger partial charge in [-0.2, -0.15) is 0 Å². The summed E-state index contributed by atoms with van der Waals surface area (Å²) in [4.78, 5) is 13.7. The van der Waals surface area contributed by atoms with Gasteiger partial charge in [0.1, 0.15) is 0 Å². The summed E-state index contributed by atoms with van der Waals surface area (Å²) in [5.74, 6) is 4.10. The highest BCUT2D eigenvalue weighted by Crippen LogP contribution is 2.42. The van der Waals surface area contributed by atoms with Crippen molar-refractivity contribution >= 4 is 11.6 Å². The molecule has 1 heterocycles. The number of terminal acetylenes is 1. The first kappa shape index (κ1) is 14.1. The first-order chi connectivity index (χ1) is 9.64. The zero-order valence-electron chi connectivity index (χ0n) is 11.8. The van der Waals surface area contributed by atoms with Crippen LogP contribution in [-0.2, 0) is 4.79 Å². The Bertz CT molecular complexity index is 536. The third-order valence-electron chi connectivity index (χ3n) is 3.32. The van der Waals surface area contributed by atoms with E-state index in [2.05, 4.69) is 5.92 Å². The monoisotopic (exact) mass is 275 g/mol. The zero-order chi connectivity index (χ0) is 14.7. The van der Waals surface area contributed by atoms with Gasteiger partial charge in [-0.25, -0.2) is 0 Å². The lowest BCUT2D eigenvalue weighted by atomic mass is 10.1. The molecule has 1 saturated heterocycles. The van der Waals surface area contributed by atoms with Crippen LogP contribution in [0.3, 0.4) is 0 Å². The van der Waals surface area contributed by atoms with Crippen LogP contribution in [0.15, 0.2) is 12.1 Å². The molecule has 20 heavy (non-hydrogen) atoms. The van der Waals surface area contributed by atoms with Gasteiger partial charge in [-0.15, -0.1) is 12.3 Å². The Morgan fingerprint density at radius 3 is 2.20 bits per heavy atom. The number of carbonyl (C=O) groups is 1. The summed E-state index contributed by atoms with van der Waals surface area (Å²) in [5, 5.41) is 0. The number of hydrogen-bond acceptors (Lipinski definition) is 4. The molecule has 2 rings (SSSR count). The Labute approximate surface area is 118 Å². The fourth-order valence-corrected chi connectivity index (χ4v) is 2.29. The molecule has 1 aliphatic rings. The minimum absolute atomic E-state index is 0.00206. The normalized spacial score (nSPS) is 17.8. The number of anilines is 1. The van der Waals surface area contributed by atoms with Crippen LogP contribution in [0, 0.1) is 18.3 Å². The fraction of sp³-hybridized carbons (Fsp3) is 0.400. The van der Waals surface area contributed by atoms with Gasteiger partial charge in [-0.1, -0.05) is 0 Å². The van der Waals surface area contributed by atoms with Gasteiger partial charge in [0.15, 0.2) is 11.5 Å². The summed E-state index contributed by atoms with van der Waals surface area (Å²) in [6, 6.07) is 3.50. The van der Waals surface area contributed by atoms with E-state index in [0.29, 0.717) is 35.9 Å². The molecule has 0 aromatic heterocycles. The van der Waals surface area contributed by atoms with Crippen molar-refractivity contribution in [1.29, 1.82) is 0 Å². The molecule has 5 heteroatoms. The van der Waals surface area contributed by atoms with Crippen molar-refractivity contribution in [3.63, 3.8) is 0 Å². The van der Waals surface area contributed by atoms with Gasteiger partial charge in [0.25, 0.3) is 0 Å². The molecule has 0 saturated carbocycles. The maximum Gasteiger partial charge on any atom is 0.228 e. The molecule has 0 aliphatic carbocycles. The van der Waals surface area contributed by atoms with Crippen molar-refractivity contribution in [2.24, 2.45) is 5.92 Å². The van der Waals surface area contributed by atoms with Crippen LogP contribution in [0.1, 0.15) is 6.42 Å². The minimum Gasteiger partial charge on any atom is -0.493 e. The number of benzene rings is 1. The number of amides is 1. The number of hydrogen-bond donors (Lipinski definition) is 0. The van der Waals surface area contributed by atoms with E-state index in [4.69, 9.17) is 20.6 Å². The highest BCUT2D eigenvalue weighted by molar-refractivity contribution is 5.96. The molecule has 0 spiro atoms. The van der Waals surface area contributed by atoms with Gasteiger partial charge in [0.2, 0.25) is 11.7 Å². The van der Waals surface area contributed by atoms with Crippen molar-refractivity contribution in [2.75, 3.05) is 32.8 Å². The van der Waals surface area contributed by atoms with Gasteiger partial charge < -0.3 is 19.1 Å². The number of methoxy groups -OCH3 is 3. The first-order valence-corrected chi connectivity index (χ1v) is 6.21. The highest BCUT2D eigenvalue weighted by Gasteiger charge is 2.30. The fourth-order valence-electron chi connectivity index (χ4n) is 2.29. The third kappa shape index (κ3) is 2.37. The lowest BCUT2D eigenvalue weighted by molar-refractivity contribution is -0.117. The van der Waals surface area contributed by atoms with E-state index >= 15 is 0 Å². The smallest absolute Gasteiger partial charge is 0.228 e. The standard InChI is InChI=1S/C15H17NO4/c1-5-10-6-14(17)16(9-10)11-7-12(18-2)15(20-4)13(8-11)19-3/h1,7-8,10H,6,9H2,2-4H3. The number of carbonyl (C=O) groups excluding carboxylic acids is 1. The van der Waals surface area contributed by atoms with Crippen LogP contribution in [-0.4, -0.2) is 33.8 Å². The van der Waals surface area contributed by atoms with Gasteiger partial charge in [0.05, 0.1) is 27.0 Å². The molecule has 0 N–H and O–H groups in total. The molecule has 1 aliphatic heterocycles. The molecule has 5 nitrogen and oxygen atoms in total. The first-order valence-electron chi connectivity index (χ1n) is 6.21. The molecule has 1 amide bonds. The second-order valence-corrected chi connectivity index (χ2v) is 4.46. The summed E-state index contributed by atoms with van der Waals surface area (Å²) in [6.07, 6.45) is 5.76. The Hall–Kier alpha value is -2.35. The summed E-state index contributed by atoms with van der Waals surface area (Å²) < 4.78 is 15.8. The van der Waals surface area contributed by atoms with Crippen molar-refractivity contribution in [1.82, 2.24) is 0 Å². The van der Waals surface area contributed by atoms with Crippen LogP contribution in [0.5, 0.6) is 17.2 Å². The van der Waals surface area contributed by atoms with E-state index < -0.39 is 0 Å². The van der Waals surface area contributed by atoms with E-state index in [-0.39, 0.29) is 11.8 Å². The Morgan fingerprint density at radius 1 is 1.20 bits per heavy atom. The molecule has 106 valence electrons. The average Bonchev–Trinajstić information content (AvgIpc) is 2.86. The Kier molecular flexibility index (Phi) is 4.04. The van der Waals surface area contributed by atoms with E-state index in [1.807, 2.05) is 0 Å². The third-order valence-corrected chi connectivity index (χ3v) is 3.32. The van der Waals surface area contributed by atoms with E-state index in [0.717, 1.165) is 0 Å². The summed E-state index contributed by atoms with van der Waals surface area (Å²) in [6.45, 7) is 0.508. The molecule has 1 atom stereocenters. The van der Waals surface area contributed by atoms with Crippen LogP contribution in [0.2, 0.25) is 0 Å². The zero-order valence-corrected chi connectivity index (χ0v) is 11.8. The maximum absolute atomic E-state index is 12.0. The predicted octanol–water partition coefficient (Wildman–Crippen LogP) is 1.70. The maximum atomic E-state index is 12.0. The quantitative estimate of drug-likeness (QED) is 0.785. The van der Waals surface area contributed by atoms with E-state index in [1.54, 1.807) is 17.0 Å². The highest BCUT2D eigenvalue weighted by atomic mass is 16.5. The molecule has 1 fully saturated rings. The van der Waals surface area contributed by atoms with Gasteiger partial charge in [0, 0.05) is 31.0 Å². The largest absolute Gasteiger partial charge is 0.493 e. The Balaban J connectivity index is 2.43.